The highest BCUT2D eigenvalue weighted by atomic mass is 16.5. The van der Waals surface area contributed by atoms with Crippen molar-refractivity contribution in [3.63, 3.8) is 0 Å². The van der Waals surface area contributed by atoms with E-state index in [9.17, 15) is 4.79 Å². The van der Waals surface area contributed by atoms with Crippen LogP contribution >= 0.6 is 0 Å². The number of imidazole rings is 1. The highest BCUT2D eigenvalue weighted by molar-refractivity contribution is 5.69. The van der Waals surface area contributed by atoms with Crippen LogP contribution in [0.3, 0.4) is 0 Å². The molecule has 0 aliphatic carbocycles. The number of nitrogens with zero attached hydrogens (tertiary/aromatic N) is 5. The van der Waals surface area contributed by atoms with Crippen LogP contribution in [0.5, 0.6) is 0 Å². The van der Waals surface area contributed by atoms with Crippen molar-refractivity contribution in [1.29, 1.82) is 0 Å². The number of rotatable bonds is 5. The van der Waals surface area contributed by atoms with Crippen LogP contribution in [0.4, 0.5) is 0 Å². The first-order valence-corrected chi connectivity index (χ1v) is 7.64. The molecule has 0 aliphatic rings. The first-order valence-electron chi connectivity index (χ1n) is 7.64. The molecule has 0 atom stereocenters. The Bertz CT molecular complexity index is 1020. The van der Waals surface area contributed by atoms with Crippen LogP contribution < -0.4 is 0 Å². The van der Waals surface area contributed by atoms with Crippen molar-refractivity contribution < 1.29 is 14.4 Å². The first kappa shape index (κ1) is 15.0. The van der Waals surface area contributed by atoms with Gasteiger partial charge in [-0.25, -0.2) is 9.50 Å². The maximum atomic E-state index is 10.6. The van der Waals surface area contributed by atoms with Crippen molar-refractivity contribution in [3.8, 4) is 22.6 Å². The van der Waals surface area contributed by atoms with E-state index in [1.807, 2.05) is 42.6 Å². The van der Waals surface area contributed by atoms with Gasteiger partial charge in [-0.2, -0.15) is 10.1 Å². The van der Waals surface area contributed by atoms with Gasteiger partial charge in [-0.1, -0.05) is 23.4 Å². The molecule has 0 radical (unpaired) electrons. The fourth-order valence-corrected chi connectivity index (χ4v) is 2.48. The molecule has 0 fully saturated rings. The lowest BCUT2D eigenvalue weighted by Gasteiger charge is -1.98. The minimum atomic E-state index is -0.901. The van der Waals surface area contributed by atoms with E-state index in [0.717, 1.165) is 22.5 Å². The molecule has 4 rings (SSSR count). The van der Waals surface area contributed by atoms with Gasteiger partial charge in [0.05, 0.1) is 18.3 Å². The highest BCUT2D eigenvalue weighted by Crippen LogP contribution is 2.24. The summed E-state index contributed by atoms with van der Waals surface area (Å²) in [4.78, 5) is 19.4. The van der Waals surface area contributed by atoms with Gasteiger partial charge in [-0.3, -0.25) is 4.79 Å². The summed E-state index contributed by atoms with van der Waals surface area (Å²) in [7, 11) is 0. The summed E-state index contributed by atoms with van der Waals surface area (Å²) in [5, 5.41) is 16.9. The number of carboxylic acids is 1. The van der Waals surface area contributed by atoms with Gasteiger partial charge in [0.25, 0.3) is 0 Å². The third kappa shape index (κ3) is 3.09. The van der Waals surface area contributed by atoms with Crippen molar-refractivity contribution in [2.75, 3.05) is 0 Å². The zero-order valence-corrected chi connectivity index (χ0v) is 13.0. The van der Waals surface area contributed by atoms with Gasteiger partial charge in [-0.15, -0.1) is 0 Å². The number of carboxylic acid groups (broad SMARTS) is 1. The molecular weight excluding hydrogens is 322 g/mol. The second-order valence-corrected chi connectivity index (χ2v) is 5.44. The molecule has 8 heteroatoms. The molecule has 1 aromatic carbocycles. The van der Waals surface area contributed by atoms with E-state index < -0.39 is 5.97 Å². The molecule has 8 nitrogen and oxygen atoms in total. The van der Waals surface area contributed by atoms with E-state index in [2.05, 4.69) is 20.2 Å². The summed E-state index contributed by atoms with van der Waals surface area (Å²) in [5.41, 5.74) is 3.22. The predicted octanol–water partition coefficient (Wildman–Crippen LogP) is 2.46. The Kier molecular flexibility index (Phi) is 3.70. The third-order valence-corrected chi connectivity index (χ3v) is 3.67. The molecular formula is C17H13N5O3. The minimum absolute atomic E-state index is 0.0457. The van der Waals surface area contributed by atoms with Gasteiger partial charge in [0.15, 0.2) is 5.65 Å². The quantitative estimate of drug-likeness (QED) is 0.597. The van der Waals surface area contributed by atoms with Crippen LogP contribution in [-0.4, -0.2) is 35.8 Å². The Morgan fingerprint density at radius 1 is 1.16 bits per heavy atom. The van der Waals surface area contributed by atoms with Crippen LogP contribution in [0.25, 0.3) is 28.3 Å². The van der Waals surface area contributed by atoms with E-state index in [1.165, 1.54) is 0 Å². The summed E-state index contributed by atoms with van der Waals surface area (Å²) < 4.78 is 6.82. The molecule has 0 saturated carbocycles. The van der Waals surface area contributed by atoms with Gasteiger partial charge >= 0.3 is 5.97 Å². The lowest BCUT2D eigenvalue weighted by atomic mass is 10.1. The summed E-state index contributed by atoms with van der Waals surface area (Å²) in [5.74, 6) is -0.175. The maximum absolute atomic E-state index is 10.6. The van der Waals surface area contributed by atoms with E-state index in [4.69, 9.17) is 9.63 Å². The number of hydrogen-bond acceptors (Lipinski definition) is 6. The fourth-order valence-electron chi connectivity index (χ4n) is 2.48. The average molecular weight is 335 g/mol. The summed E-state index contributed by atoms with van der Waals surface area (Å²) >= 11 is 0. The second kappa shape index (κ2) is 6.16. The molecule has 0 spiro atoms. The Morgan fingerprint density at radius 2 is 2.04 bits per heavy atom. The molecule has 25 heavy (non-hydrogen) atoms. The number of fused-ring (bicyclic) bond motifs is 1. The number of carbonyl (C=O) groups is 1. The van der Waals surface area contributed by atoms with Gasteiger partial charge in [0, 0.05) is 23.7 Å². The van der Waals surface area contributed by atoms with Crippen molar-refractivity contribution in [1.82, 2.24) is 24.7 Å². The van der Waals surface area contributed by atoms with Gasteiger partial charge in [0.1, 0.15) is 0 Å². The smallest absolute Gasteiger partial charge is 0.303 e. The Balaban J connectivity index is 1.64. The van der Waals surface area contributed by atoms with E-state index in [1.54, 1.807) is 10.7 Å². The van der Waals surface area contributed by atoms with Crippen molar-refractivity contribution in [2.24, 2.45) is 0 Å². The molecule has 124 valence electrons. The zero-order chi connectivity index (χ0) is 17.2. The van der Waals surface area contributed by atoms with E-state index in [-0.39, 0.29) is 12.8 Å². The van der Waals surface area contributed by atoms with Crippen LogP contribution in [0, 0.1) is 0 Å². The maximum Gasteiger partial charge on any atom is 0.303 e. The molecule has 3 heterocycles. The van der Waals surface area contributed by atoms with Crippen LogP contribution in [0.15, 0.2) is 53.3 Å². The standard InChI is InChI=1S/C17H13N5O3/c23-16(24)7-6-15-20-17(21-25-15)12-4-1-3-11(9-12)13-10-22-14(19-13)5-2-8-18-22/h1-5,8-10H,6-7H2,(H,23,24). The van der Waals surface area contributed by atoms with Gasteiger partial charge in [-0.05, 0) is 18.2 Å². The lowest BCUT2D eigenvalue weighted by Crippen LogP contribution is -1.97. The molecule has 0 amide bonds. The summed E-state index contributed by atoms with van der Waals surface area (Å²) in [6, 6.07) is 11.3. The number of aliphatic carboxylic acids is 1. The van der Waals surface area contributed by atoms with Crippen LogP contribution in [0.1, 0.15) is 12.3 Å². The van der Waals surface area contributed by atoms with Gasteiger partial charge < -0.3 is 9.63 Å². The number of aryl methyl sites for hydroxylation is 1. The van der Waals surface area contributed by atoms with Crippen LogP contribution in [0.2, 0.25) is 0 Å². The number of benzene rings is 1. The second-order valence-electron chi connectivity index (χ2n) is 5.44. The molecule has 0 saturated heterocycles. The van der Waals surface area contributed by atoms with E-state index in [0.29, 0.717) is 11.7 Å². The van der Waals surface area contributed by atoms with Crippen molar-refractivity contribution in [2.45, 2.75) is 12.8 Å². The fraction of sp³-hybridized carbons (Fsp3) is 0.118. The molecule has 3 aromatic heterocycles. The number of hydrogen-bond donors (Lipinski definition) is 1. The highest BCUT2D eigenvalue weighted by Gasteiger charge is 2.12. The van der Waals surface area contributed by atoms with E-state index >= 15 is 0 Å². The minimum Gasteiger partial charge on any atom is -0.481 e. The third-order valence-electron chi connectivity index (χ3n) is 3.67. The topological polar surface area (TPSA) is 106 Å². The molecule has 1 N–H and O–H groups in total. The lowest BCUT2D eigenvalue weighted by molar-refractivity contribution is -0.137. The summed E-state index contributed by atoms with van der Waals surface area (Å²) in [6.07, 6.45) is 3.71. The SMILES string of the molecule is O=C(O)CCc1nc(-c2cccc(-c3cn4ncccc4n3)c2)no1. The predicted molar refractivity (Wildman–Crippen MR) is 87.7 cm³/mol. The Hall–Kier alpha value is -3.55. The number of aromatic nitrogens is 5. The molecule has 0 unspecified atom stereocenters. The Labute approximate surface area is 141 Å². The first-order chi connectivity index (χ1) is 12.2. The Morgan fingerprint density at radius 3 is 2.88 bits per heavy atom. The largest absolute Gasteiger partial charge is 0.481 e. The zero-order valence-electron chi connectivity index (χ0n) is 13.0. The molecule has 0 bridgehead atoms. The normalized spacial score (nSPS) is 11.0. The summed E-state index contributed by atoms with van der Waals surface area (Å²) in [6.45, 7) is 0. The van der Waals surface area contributed by atoms with Crippen molar-refractivity contribution >= 4 is 11.6 Å². The van der Waals surface area contributed by atoms with Gasteiger partial charge in [0.2, 0.25) is 11.7 Å². The average Bonchev–Trinajstić information content (AvgIpc) is 3.27. The van der Waals surface area contributed by atoms with Crippen molar-refractivity contribution in [3.05, 3.63) is 54.7 Å². The van der Waals surface area contributed by atoms with Crippen LogP contribution in [-0.2, 0) is 11.2 Å². The molecule has 4 aromatic rings. The molecule has 0 aliphatic heterocycles. The monoisotopic (exact) mass is 335 g/mol.